The number of nitrogens with zero attached hydrogens (tertiary/aromatic N) is 3. The van der Waals surface area contributed by atoms with E-state index in [9.17, 15) is 52.2 Å². The zero-order valence-electron chi connectivity index (χ0n) is 38.3. The Kier molecular flexibility index (Phi) is 34.1. The van der Waals surface area contributed by atoms with Gasteiger partial charge < -0.3 is 35.1 Å². The predicted molar refractivity (Wildman–Crippen MR) is 238 cm³/mol. The lowest BCUT2D eigenvalue weighted by molar-refractivity contribution is -0.145. The number of Topliss-reactive ketones (excluding diaryl/α,β-unsaturated/α-hetero) is 2. The summed E-state index contributed by atoms with van der Waals surface area (Å²) in [6.45, 7) is 2.70. The Balaban J connectivity index is 2.04. The third kappa shape index (κ3) is 34.6. The Bertz CT molecular complexity index is 1620. The van der Waals surface area contributed by atoms with Crippen molar-refractivity contribution in [1.29, 1.82) is 0 Å². The van der Waals surface area contributed by atoms with Gasteiger partial charge >= 0.3 is 11.9 Å². The Morgan fingerprint density at radius 2 is 1.26 bits per heavy atom. The summed E-state index contributed by atoms with van der Waals surface area (Å²) >= 11 is 0. The number of unbranched alkanes of at least 4 members (excludes halogenated alkanes) is 12. The number of nitrogens with one attached hydrogen (secondary N) is 4. The molecule has 65 heavy (non-hydrogen) atoms. The van der Waals surface area contributed by atoms with E-state index in [2.05, 4.69) is 36.0 Å². The van der Waals surface area contributed by atoms with E-state index in [1.54, 1.807) is 0 Å². The molecule has 2 atom stereocenters. The number of carbonyl (C=O) groups excluding carboxylic acids is 5. The smallest absolute Gasteiger partial charge is 0.326 e. The number of aryl methyl sites for hydroxylation is 1. The molecule has 21 nitrogen and oxygen atoms in total. The molecule has 0 bridgehead atoms. The van der Waals surface area contributed by atoms with Gasteiger partial charge in [-0.05, 0) is 45.4 Å². The molecule has 0 radical (unpaired) electrons. The quantitative estimate of drug-likeness (QED) is 0.0507. The van der Waals surface area contributed by atoms with Gasteiger partial charge in [-0.3, -0.25) is 33.5 Å². The van der Waals surface area contributed by atoms with E-state index in [0.717, 1.165) is 44.3 Å². The number of amides is 3. The maximum atomic E-state index is 12.4. The SMILES string of the molecule is CCOCCCC(=O)CCC(NC(=O)CC[C@H](CC(=O)COCCOCCNC(=O)CCCS(=O)(=O)NC(=O)CCCCCCCCCCCCCCCc1nn[nH]n1)C(=O)O)C(=O)O. The van der Waals surface area contributed by atoms with E-state index in [4.69, 9.17) is 14.2 Å². The number of aromatic nitrogens is 4. The number of hydrogen-bond acceptors (Lipinski definition) is 15. The highest BCUT2D eigenvalue weighted by Crippen LogP contribution is 2.15. The van der Waals surface area contributed by atoms with Crippen LogP contribution >= 0.6 is 0 Å². The summed E-state index contributed by atoms with van der Waals surface area (Å²) in [7, 11) is -3.86. The van der Waals surface area contributed by atoms with Crippen molar-refractivity contribution in [2.45, 2.75) is 167 Å². The molecule has 22 heteroatoms. The topological polar surface area (TPSA) is 312 Å². The molecule has 0 aliphatic carbocycles. The lowest BCUT2D eigenvalue weighted by Crippen LogP contribution is -2.41. The molecule has 1 aromatic rings. The number of aliphatic carboxylic acids is 2. The van der Waals surface area contributed by atoms with Gasteiger partial charge in [0, 0.05) is 64.7 Å². The Hall–Kier alpha value is -4.41. The molecule has 0 fully saturated rings. The van der Waals surface area contributed by atoms with E-state index in [1.165, 1.54) is 44.9 Å². The van der Waals surface area contributed by atoms with Gasteiger partial charge in [0.25, 0.3) is 0 Å². The molecular formula is C43H75N7O14S. The van der Waals surface area contributed by atoms with E-state index in [0.29, 0.717) is 26.1 Å². The Labute approximate surface area is 383 Å². The van der Waals surface area contributed by atoms with Crippen molar-refractivity contribution in [2.75, 3.05) is 51.9 Å². The number of tetrazole rings is 1. The summed E-state index contributed by atoms with van der Waals surface area (Å²) in [6, 6.07) is -1.32. The number of carboxylic acids is 2. The fourth-order valence-corrected chi connectivity index (χ4v) is 7.75. The summed E-state index contributed by atoms with van der Waals surface area (Å²) in [6.07, 6.45) is 15.0. The van der Waals surface area contributed by atoms with Gasteiger partial charge in [-0.2, -0.15) is 5.21 Å². The van der Waals surface area contributed by atoms with Crippen LogP contribution in [0.1, 0.15) is 160 Å². The summed E-state index contributed by atoms with van der Waals surface area (Å²) in [5.74, 6) is -5.73. The van der Waals surface area contributed by atoms with Crippen molar-refractivity contribution in [1.82, 2.24) is 36.0 Å². The largest absolute Gasteiger partial charge is 0.481 e. The summed E-state index contributed by atoms with van der Waals surface area (Å²) in [4.78, 5) is 84.3. The minimum Gasteiger partial charge on any atom is -0.481 e. The third-order valence-electron chi connectivity index (χ3n) is 10.3. The number of rotatable bonds is 45. The zero-order chi connectivity index (χ0) is 48.0. The minimum absolute atomic E-state index is 0.00280. The number of H-pyrrole nitrogens is 1. The first kappa shape index (κ1) is 58.6. The molecule has 0 aliphatic heterocycles. The predicted octanol–water partition coefficient (Wildman–Crippen LogP) is 3.75. The highest BCUT2D eigenvalue weighted by Gasteiger charge is 2.25. The van der Waals surface area contributed by atoms with Gasteiger partial charge in [-0.25, -0.2) is 13.2 Å². The molecule has 0 saturated carbocycles. The van der Waals surface area contributed by atoms with Gasteiger partial charge in [0.1, 0.15) is 18.4 Å². The van der Waals surface area contributed by atoms with Crippen LogP contribution in [-0.4, -0.2) is 138 Å². The molecule has 3 amide bonds. The average molecular weight is 946 g/mol. The van der Waals surface area contributed by atoms with Crippen molar-refractivity contribution in [3.8, 4) is 0 Å². The molecule has 1 heterocycles. The van der Waals surface area contributed by atoms with Gasteiger partial charge in [-0.15, -0.1) is 10.2 Å². The first-order valence-electron chi connectivity index (χ1n) is 23.3. The fraction of sp³-hybridized carbons (Fsp3) is 0.814. The van der Waals surface area contributed by atoms with Crippen LogP contribution in [0.5, 0.6) is 0 Å². The summed E-state index contributed by atoms with van der Waals surface area (Å²) < 4.78 is 42.5. The lowest BCUT2D eigenvalue weighted by atomic mass is 9.97. The Morgan fingerprint density at radius 3 is 1.88 bits per heavy atom. The highest BCUT2D eigenvalue weighted by molar-refractivity contribution is 7.90. The van der Waals surface area contributed by atoms with Crippen LogP contribution in [0.25, 0.3) is 0 Å². The third-order valence-corrected chi connectivity index (χ3v) is 11.7. The van der Waals surface area contributed by atoms with Crippen LogP contribution in [0.3, 0.4) is 0 Å². The minimum atomic E-state index is -3.86. The maximum absolute atomic E-state index is 12.4. The number of hydrogen-bond donors (Lipinski definition) is 6. The first-order chi connectivity index (χ1) is 31.2. The fourth-order valence-electron chi connectivity index (χ4n) is 6.68. The van der Waals surface area contributed by atoms with Crippen molar-refractivity contribution < 1.29 is 66.4 Å². The van der Waals surface area contributed by atoms with Crippen LogP contribution in [-0.2, 0) is 64.2 Å². The number of aromatic amines is 1. The zero-order valence-corrected chi connectivity index (χ0v) is 39.1. The van der Waals surface area contributed by atoms with Crippen molar-refractivity contribution in [3.63, 3.8) is 0 Å². The van der Waals surface area contributed by atoms with Crippen molar-refractivity contribution in [3.05, 3.63) is 5.82 Å². The molecule has 1 rings (SSSR count). The van der Waals surface area contributed by atoms with E-state index in [-0.39, 0.29) is 95.2 Å². The van der Waals surface area contributed by atoms with Crippen LogP contribution in [0, 0.1) is 5.92 Å². The van der Waals surface area contributed by atoms with Gasteiger partial charge in [0.2, 0.25) is 27.7 Å². The number of carbonyl (C=O) groups is 7. The Morgan fingerprint density at radius 1 is 0.631 bits per heavy atom. The van der Waals surface area contributed by atoms with E-state index in [1.807, 2.05) is 6.92 Å². The number of ketones is 2. The summed E-state index contributed by atoms with van der Waals surface area (Å²) in [5.41, 5.74) is 0. The van der Waals surface area contributed by atoms with Crippen LogP contribution in [0.4, 0.5) is 0 Å². The standard InChI is InChI=1S/C43H75N7O14S/c1-2-62-27-16-18-35(51)23-24-37(43(58)59)45-40(54)25-22-34(42(56)57)32-36(52)33-64-30-29-63-28-26-44-39(53)21-17-31-65(60,61)48-41(55)20-15-13-11-9-7-5-3-4-6-8-10-12-14-19-38-46-49-50-47-38/h34,37H,2-33H2,1H3,(H,44,53)(H,45,54)(H,48,55)(H,56,57)(H,58,59)(H,46,47,49,50)/t34-,37?/m1/s1. The normalized spacial score (nSPS) is 12.3. The number of carboxylic acid groups (broad SMARTS) is 2. The van der Waals surface area contributed by atoms with E-state index >= 15 is 0 Å². The second-order valence-electron chi connectivity index (χ2n) is 16.0. The van der Waals surface area contributed by atoms with Crippen molar-refractivity contribution >= 4 is 51.2 Å². The molecular weight excluding hydrogens is 871 g/mol. The maximum Gasteiger partial charge on any atom is 0.326 e. The van der Waals surface area contributed by atoms with Crippen LogP contribution in [0.15, 0.2) is 0 Å². The number of ether oxygens (including phenoxy) is 3. The van der Waals surface area contributed by atoms with E-state index < -0.39 is 64.5 Å². The van der Waals surface area contributed by atoms with Gasteiger partial charge in [-0.1, -0.05) is 75.8 Å². The second kappa shape index (κ2) is 37.8. The average Bonchev–Trinajstić information content (AvgIpc) is 3.78. The van der Waals surface area contributed by atoms with Gasteiger partial charge in [0.15, 0.2) is 11.6 Å². The first-order valence-corrected chi connectivity index (χ1v) is 24.9. The lowest BCUT2D eigenvalue weighted by Gasteiger charge is -2.16. The van der Waals surface area contributed by atoms with Crippen LogP contribution < -0.4 is 15.4 Å². The number of sulfonamides is 1. The van der Waals surface area contributed by atoms with Crippen LogP contribution in [0.2, 0.25) is 0 Å². The van der Waals surface area contributed by atoms with Gasteiger partial charge in [0.05, 0.1) is 31.5 Å². The molecule has 1 unspecified atom stereocenters. The molecule has 1 aromatic heterocycles. The van der Waals surface area contributed by atoms with Crippen molar-refractivity contribution in [2.24, 2.45) is 5.92 Å². The molecule has 6 N–H and O–H groups in total. The monoisotopic (exact) mass is 946 g/mol. The molecule has 372 valence electrons. The molecule has 0 aliphatic rings. The molecule has 0 aromatic carbocycles. The molecule has 0 spiro atoms. The molecule has 0 saturated heterocycles. The highest BCUT2D eigenvalue weighted by atomic mass is 32.2. The second-order valence-corrected chi connectivity index (χ2v) is 17.9. The summed E-state index contributed by atoms with van der Waals surface area (Å²) in [5, 5.41) is 37.8.